The molecule has 0 saturated carbocycles. The molecule has 0 radical (unpaired) electrons. The maximum atomic E-state index is 13.6. The minimum atomic E-state index is -0.400. The molecule has 0 aliphatic carbocycles. The molecular weight excluding hydrogens is 385 g/mol. The van der Waals surface area contributed by atoms with Crippen molar-refractivity contribution < 1.29 is 18.7 Å². The Kier molecular flexibility index (Phi) is 4.46. The predicted octanol–water partition coefficient (Wildman–Crippen LogP) is 4.27. The number of carbonyl (C=O) groups is 1. The first kappa shape index (κ1) is 18.7. The fourth-order valence-corrected chi connectivity index (χ4v) is 4.16. The van der Waals surface area contributed by atoms with Gasteiger partial charge in [-0.3, -0.25) is 14.8 Å². The summed E-state index contributed by atoms with van der Waals surface area (Å²) >= 11 is 0. The van der Waals surface area contributed by atoms with Crippen molar-refractivity contribution in [1.29, 1.82) is 0 Å². The third kappa shape index (κ3) is 3.01. The molecule has 1 amide bonds. The van der Waals surface area contributed by atoms with Gasteiger partial charge in [-0.15, -0.1) is 0 Å². The number of H-pyrrole nitrogens is 1. The van der Waals surface area contributed by atoms with Gasteiger partial charge in [-0.25, -0.2) is 4.39 Å². The summed E-state index contributed by atoms with van der Waals surface area (Å²) in [6, 6.07) is 11.4. The molecule has 30 heavy (non-hydrogen) atoms. The van der Waals surface area contributed by atoms with Crippen molar-refractivity contribution in [3.63, 3.8) is 0 Å². The van der Waals surface area contributed by atoms with Gasteiger partial charge in [0.05, 0.1) is 11.7 Å². The van der Waals surface area contributed by atoms with Gasteiger partial charge in [0, 0.05) is 17.3 Å². The van der Waals surface area contributed by atoms with Gasteiger partial charge >= 0.3 is 0 Å². The zero-order valence-electron chi connectivity index (χ0n) is 16.8. The van der Waals surface area contributed by atoms with Gasteiger partial charge in [0.25, 0.3) is 5.91 Å². The first-order valence-corrected chi connectivity index (χ1v) is 10.1. The number of aromatic nitrogens is 2. The van der Waals surface area contributed by atoms with Crippen molar-refractivity contribution in [2.24, 2.45) is 5.92 Å². The fraction of sp³-hybridized carbons (Fsp3) is 0.304. The van der Waals surface area contributed by atoms with Crippen LogP contribution < -0.4 is 14.4 Å². The van der Waals surface area contributed by atoms with Crippen molar-refractivity contribution in [2.45, 2.75) is 26.3 Å². The minimum absolute atomic E-state index is 0.168. The second-order valence-electron chi connectivity index (χ2n) is 8.01. The van der Waals surface area contributed by atoms with Crippen LogP contribution in [0.5, 0.6) is 11.5 Å². The van der Waals surface area contributed by atoms with Crippen LogP contribution in [0.2, 0.25) is 0 Å². The van der Waals surface area contributed by atoms with Crippen LogP contribution in [-0.2, 0) is 6.42 Å². The molecule has 1 atom stereocenters. The van der Waals surface area contributed by atoms with Gasteiger partial charge in [0.1, 0.15) is 24.7 Å². The van der Waals surface area contributed by atoms with Crippen molar-refractivity contribution >= 4 is 11.6 Å². The second-order valence-corrected chi connectivity index (χ2v) is 8.01. The lowest BCUT2D eigenvalue weighted by Gasteiger charge is -2.28. The van der Waals surface area contributed by atoms with Gasteiger partial charge < -0.3 is 9.47 Å². The summed E-state index contributed by atoms with van der Waals surface area (Å²) < 4.78 is 25.0. The molecule has 2 aliphatic rings. The highest BCUT2D eigenvalue weighted by Gasteiger charge is 2.43. The number of benzene rings is 2. The van der Waals surface area contributed by atoms with E-state index in [1.54, 1.807) is 17.0 Å². The Morgan fingerprint density at radius 3 is 2.60 bits per heavy atom. The van der Waals surface area contributed by atoms with Crippen molar-refractivity contribution in [2.75, 3.05) is 18.1 Å². The standard InChI is InChI=1S/C23H22FN3O3/c1-13(2)11-17-20-21(26-25-17)23(28)27(22(20)14-3-5-15(24)6-4-14)16-7-8-18-19(12-16)30-10-9-29-18/h3-8,12-13,22H,9-11H2,1-2H3,(H,25,26). The lowest BCUT2D eigenvalue weighted by molar-refractivity contribution is 0.0988. The highest BCUT2D eigenvalue weighted by atomic mass is 19.1. The predicted molar refractivity (Wildman–Crippen MR) is 110 cm³/mol. The first-order chi connectivity index (χ1) is 14.5. The normalized spacial score (nSPS) is 17.5. The second kappa shape index (κ2) is 7.16. The number of rotatable bonds is 4. The van der Waals surface area contributed by atoms with E-state index >= 15 is 0 Å². The van der Waals surface area contributed by atoms with Crippen LogP contribution in [-0.4, -0.2) is 29.3 Å². The molecule has 5 rings (SSSR count). The summed E-state index contributed by atoms with van der Waals surface area (Å²) in [6.45, 7) is 5.20. The SMILES string of the molecule is CC(C)Cc1n[nH]c2c1C(c1ccc(F)cc1)N(c1ccc3c(c1)OCCO3)C2=O. The Morgan fingerprint density at radius 1 is 1.13 bits per heavy atom. The smallest absolute Gasteiger partial charge is 0.277 e. The monoisotopic (exact) mass is 407 g/mol. The topological polar surface area (TPSA) is 67.5 Å². The maximum absolute atomic E-state index is 13.6. The first-order valence-electron chi connectivity index (χ1n) is 10.1. The fourth-order valence-electron chi connectivity index (χ4n) is 4.16. The number of amides is 1. The Bertz CT molecular complexity index is 1110. The van der Waals surface area contributed by atoms with Crippen molar-refractivity contribution in [3.05, 3.63) is 70.8 Å². The van der Waals surface area contributed by atoms with E-state index in [-0.39, 0.29) is 11.7 Å². The molecular formula is C23H22FN3O3. The average molecular weight is 407 g/mol. The molecule has 0 fully saturated rings. The lowest BCUT2D eigenvalue weighted by Crippen LogP contribution is -2.29. The molecule has 0 saturated heterocycles. The van der Waals surface area contributed by atoms with E-state index in [0.29, 0.717) is 42.0 Å². The third-order valence-corrected chi connectivity index (χ3v) is 5.44. The largest absolute Gasteiger partial charge is 0.486 e. The van der Waals surface area contributed by atoms with Gasteiger partial charge in [-0.2, -0.15) is 5.10 Å². The number of hydrogen-bond donors (Lipinski definition) is 1. The molecule has 1 aromatic heterocycles. The summed E-state index contributed by atoms with van der Waals surface area (Å²) in [7, 11) is 0. The molecule has 3 aromatic rings. The summed E-state index contributed by atoms with van der Waals surface area (Å²) in [4.78, 5) is 15.1. The Balaban J connectivity index is 1.65. The Hall–Kier alpha value is -3.35. The highest BCUT2D eigenvalue weighted by Crippen LogP contribution is 2.45. The number of ether oxygens (including phenoxy) is 2. The molecule has 154 valence electrons. The van der Waals surface area contributed by atoms with Crippen molar-refractivity contribution in [1.82, 2.24) is 10.2 Å². The quantitative estimate of drug-likeness (QED) is 0.701. The van der Waals surface area contributed by atoms with E-state index in [2.05, 4.69) is 24.0 Å². The highest BCUT2D eigenvalue weighted by molar-refractivity contribution is 6.10. The maximum Gasteiger partial charge on any atom is 0.277 e. The van der Waals surface area contributed by atoms with E-state index < -0.39 is 6.04 Å². The van der Waals surface area contributed by atoms with E-state index in [9.17, 15) is 9.18 Å². The van der Waals surface area contributed by atoms with Crippen LogP contribution in [0.4, 0.5) is 10.1 Å². The molecule has 6 nitrogen and oxygen atoms in total. The van der Waals surface area contributed by atoms with Gasteiger partial charge in [-0.1, -0.05) is 26.0 Å². The van der Waals surface area contributed by atoms with Gasteiger partial charge in [0.15, 0.2) is 11.5 Å². The van der Waals surface area contributed by atoms with E-state index in [4.69, 9.17) is 9.47 Å². The van der Waals surface area contributed by atoms with Crippen LogP contribution in [0.25, 0.3) is 0 Å². The summed E-state index contributed by atoms with van der Waals surface area (Å²) in [6.07, 6.45) is 0.742. The molecule has 2 aromatic carbocycles. The van der Waals surface area contributed by atoms with Gasteiger partial charge in [-0.05, 0) is 42.2 Å². The van der Waals surface area contributed by atoms with E-state index in [1.165, 1.54) is 12.1 Å². The number of anilines is 1. The average Bonchev–Trinajstić information content (AvgIpc) is 3.27. The molecule has 2 aliphatic heterocycles. The number of nitrogens with one attached hydrogen (secondary N) is 1. The Labute approximate surface area is 173 Å². The third-order valence-electron chi connectivity index (χ3n) is 5.44. The molecule has 1 N–H and O–H groups in total. The molecule has 0 spiro atoms. The van der Waals surface area contributed by atoms with Crippen LogP contribution >= 0.6 is 0 Å². The van der Waals surface area contributed by atoms with Crippen LogP contribution in [0, 0.1) is 11.7 Å². The van der Waals surface area contributed by atoms with Crippen LogP contribution in [0.1, 0.15) is 47.2 Å². The summed E-state index contributed by atoms with van der Waals surface area (Å²) in [5, 5.41) is 7.37. The number of aromatic amines is 1. The van der Waals surface area contributed by atoms with Crippen LogP contribution in [0.3, 0.4) is 0 Å². The van der Waals surface area contributed by atoms with Crippen molar-refractivity contribution in [3.8, 4) is 11.5 Å². The molecule has 3 heterocycles. The van der Waals surface area contributed by atoms with E-state index in [1.807, 2.05) is 18.2 Å². The summed E-state index contributed by atoms with van der Waals surface area (Å²) in [5.74, 6) is 1.17. The molecule has 7 heteroatoms. The zero-order valence-corrected chi connectivity index (χ0v) is 16.8. The zero-order chi connectivity index (χ0) is 20.8. The molecule has 0 bridgehead atoms. The van der Waals surface area contributed by atoms with Crippen LogP contribution in [0.15, 0.2) is 42.5 Å². The van der Waals surface area contributed by atoms with E-state index in [0.717, 1.165) is 23.2 Å². The number of carbonyl (C=O) groups excluding carboxylic acids is 1. The lowest BCUT2D eigenvalue weighted by atomic mass is 9.95. The molecule has 1 unspecified atom stereocenters. The number of nitrogens with zero attached hydrogens (tertiary/aromatic N) is 2. The number of hydrogen-bond acceptors (Lipinski definition) is 4. The number of halogens is 1. The Morgan fingerprint density at radius 2 is 1.87 bits per heavy atom. The minimum Gasteiger partial charge on any atom is -0.486 e. The summed E-state index contributed by atoms with van der Waals surface area (Å²) in [5.41, 5.74) is 3.72. The van der Waals surface area contributed by atoms with Gasteiger partial charge in [0.2, 0.25) is 0 Å². The number of fused-ring (bicyclic) bond motifs is 2.